The van der Waals surface area contributed by atoms with E-state index in [0.29, 0.717) is 5.92 Å². The Hall–Kier alpha value is -2.30. The van der Waals surface area contributed by atoms with Crippen molar-refractivity contribution in [1.29, 1.82) is 10.5 Å². The van der Waals surface area contributed by atoms with Gasteiger partial charge in [-0.25, -0.2) is 0 Å². The van der Waals surface area contributed by atoms with Gasteiger partial charge in [-0.05, 0) is 43.0 Å². The van der Waals surface area contributed by atoms with E-state index in [2.05, 4.69) is 22.8 Å². The van der Waals surface area contributed by atoms with Crippen LogP contribution in [0.5, 0.6) is 0 Å². The molecule has 1 aromatic carbocycles. The molecule has 1 saturated heterocycles. The zero-order valence-corrected chi connectivity index (χ0v) is 10.7. The number of nitrogens with one attached hydrogen (secondary N) is 2. The number of allylic oxidation sites excluding steroid dienone is 1. The van der Waals surface area contributed by atoms with Crippen LogP contribution in [0, 0.1) is 22.7 Å². The molecular weight excluding hydrogens is 236 g/mol. The number of anilines is 1. The van der Waals surface area contributed by atoms with Crippen LogP contribution in [0.2, 0.25) is 0 Å². The second-order valence-corrected chi connectivity index (χ2v) is 4.59. The molecule has 19 heavy (non-hydrogen) atoms. The van der Waals surface area contributed by atoms with Crippen molar-refractivity contribution in [2.75, 3.05) is 18.4 Å². The Labute approximate surface area is 113 Å². The Balaban J connectivity index is 2.01. The fourth-order valence-electron chi connectivity index (χ4n) is 2.23. The lowest BCUT2D eigenvalue weighted by Crippen LogP contribution is -2.28. The lowest BCUT2D eigenvalue weighted by atomic mass is 9.92. The monoisotopic (exact) mass is 252 g/mol. The number of hydrogen-bond donors (Lipinski definition) is 2. The molecule has 1 aliphatic rings. The molecular formula is C15H16N4. The van der Waals surface area contributed by atoms with Crippen molar-refractivity contribution >= 4 is 5.69 Å². The van der Waals surface area contributed by atoms with Gasteiger partial charge in [-0.3, -0.25) is 0 Å². The summed E-state index contributed by atoms with van der Waals surface area (Å²) in [4.78, 5) is 0. The third-order valence-corrected chi connectivity index (χ3v) is 3.30. The van der Waals surface area contributed by atoms with Gasteiger partial charge in [0, 0.05) is 18.4 Å². The minimum absolute atomic E-state index is 0.0700. The van der Waals surface area contributed by atoms with Crippen molar-refractivity contribution in [3.63, 3.8) is 0 Å². The molecule has 1 fully saturated rings. The van der Waals surface area contributed by atoms with Gasteiger partial charge < -0.3 is 10.6 Å². The predicted molar refractivity (Wildman–Crippen MR) is 74.2 cm³/mol. The van der Waals surface area contributed by atoms with E-state index in [1.807, 2.05) is 24.3 Å². The lowest BCUT2D eigenvalue weighted by molar-refractivity contribution is 0.461. The third kappa shape index (κ3) is 3.58. The molecule has 0 amide bonds. The first-order valence-corrected chi connectivity index (χ1v) is 6.41. The first-order chi connectivity index (χ1) is 9.33. The third-order valence-electron chi connectivity index (χ3n) is 3.30. The average Bonchev–Trinajstić information content (AvgIpc) is 2.50. The van der Waals surface area contributed by atoms with Crippen LogP contribution in [-0.4, -0.2) is 13.1 Å². The summed E-state index contributed by atoms with van der Waals surface area (Å²) in [5, 5.41) is 23.6. The standard InChI is InChI=1S/C15H16N4/c16-8-12(9-17)10-19-15-5-3-13(4-6-15)14-2-1-7-18-11-14/h3-6,10,14,18-19H,1-2,7,11H2. The van der Waals surface area contributed by atoms with E-state index >= 15 is 0 Å². The predicted octanol–water partition coefficient (Wildman–Crippen LogP) is 2.50. The molecule has 2 rings (SSSR count). The normalized spacial score (nSPS) is 17.9. The minimum atomic E-state index is 0.0700. The summed E-state index contributed by atoms with van der Waals surface area (Å²) in [6.07, 6.45) is 3.88. The molecule has 1 atom stereocenters. The quantitative estimate of drug-likeness (QED) is 0.811. The van der Waals surface area contributed by atoms with Gasteiger partial charge in [0.2, 0.25) is 0 Å². The molecule has 4 nitrogen and oxygen atoms in total. The van der Waals surface area contributed by atoms with Gasteiger partial charge in [-0.1, -0.05) is 12.1 Å². The summed E-state index contributed by atoms with van der Waals surface area (Å²) in [6, 6.07) is 11.8. The second kappa shape index (κ2) is 6.58. The molecule has 0 spiro atoms. The van der Waals surface area contributed by atoms with Gasteiger partial charge in [-0.2, -0.15) is 10.5 Å². The lowest BCUT2D eigenvalue weighted by Gasteiger charge is -2.23. The Morgan fingerprint density at radius 2 is 2.00 bits per heavy atom. The minimum Gasteiger partial charge on any atom is -0.360 e. The number of nitriles is 2. The van der Waals surface area contributed by atoms with E-state index in [4.69, 9.17) is 10.5 Å². The summed E-state index contributed by atoms with van der Waals surface area (Å²) in [5.41, 5.74) is 2.29. The molecule has 0 aromatic heterocycles. The van der Waals surface area contributed by atoms with E-state index in [0.717, 1.165) is 18.8 Å². The first-order valence-electron chi connectivity index (χ1n) is 6.41. The van der Waals surface area contributed by atoms with Crippen molar-refractivity contribution in [3.8, 4) is 12.1 Å². The van der Waals surface area contributed by atoms with Gasteiger partial charge in [0.25, 0.3) is 0 Å². The Kier molecular flexibility index (Phi) is 4.55. The Morgan fingerprint density at radius 1 is 1.26 bits per heavy atom. The van der Waals surface area contributed by atoms with Gasteiger partial charge in [0.1, 0.15) is 17.7 Å². The van der Waals surface area contributed by atoms with Gasteiger partial charge in [0.05, 0.1) is 0 Å². The average molecular weight is 252 g/mol. The van der Waals surface area contributed by atoms with E-state index < -0.39 is 0 Å². The van der Waals surface area contributed by atoms with Crippen LogP contribution >= 0.6 is 0 Å². The highest BCUT2D eigenvalue weighted by molar-refractivity contribution is 5.50. The van der Waals surface area contributed by atoms with E-state index in [9.17, 15) is 0 Å². The fourth-order valence-corrected chi connectivity index (χ4v) is 2.23. The number of hydrogen-bond acceptors (Lipinski definition) is 4. The van der Waals surface area contributed by atoms with Crippen LogP contribution in [0.4, 0.5) is 5.69 Å². The van der Waals surface area contributed by atoms with Crippen LogP contribution < -0.4 is 10.6 Å². The van der Waals surface area contributed by atoms with Gasteiger partial charge in [0.15, 0.2) is 0 Å². The molecule has 0 bridgehead atoms. The molecule has 1 heterocycles. The molecule has 0 radical (unpaired) electrons. The van der Waals surface area contributed by atoms with Crippen LogP contribution in [0.15, 0.2) is 36.0 Å². The van der Waals surface area contributed by atoms with Crippen molar-refractivity contribution in [3.05, 3.63) is 41.6 Å². The highest BCUT2D eigenvalue weighted by Crippen LogP contribution is 2.24. The molecule has 4 heteroatoms. The summed E-state index contributed by atoms with van der Waals surface area (Å²) in [6.45, 7) is 2.16. The summed E-state index contributed by atoms with van der Waals surface area (Å²) in [7, 11) is 0. The largest absolute Gasteiger partial charge is 0.360 e. The SMILES string of the molecule is N#CC(C#N)=CNc1ccc(C2CCCNC2)cc1. The Morgan fingerprint density at radius 3 is 2.58 bits per heavy atom. The van der Waals surface area contributed by atoms with Crippen LogP contribution in [-0.2, 0) is 0 Å². The number of benzene rings is 1. The summed E-state index contributed by atoms with van der Waals surface area (Å²) < 4.78 is 0. The Bertz CT molecular complexity index is 509. The van der Waals surface area contributed by atoms with Gasteiger partial charge >= 0.3 is 0 Å². The molecule has 0 saturated carbocycles. The van der Waals surface area contributed by atoms with Crippen molar-refractivity contribution in [1.82, 2.24) is 5.32 Å². The number of rotatable bonds is 3. The van der Waals surface area contributed by atoms with Crippen LogP contribution in [0.1, 0.15) is 24.3 Å². The maximum Gasteiger partial charge on any atom is 0.145 e. The fraction of sp³-hybridized carbons (Fsp3) is 0.333. The van der Waals surface area contributed by atoms with Crippen LogP contribution in [0.3, 0.4) is 0 Å². The maximum atomic E-state index is 8.63. The van der Waals surface area contributed by atoms with E-state index in [1.165, 1.54) is 24.6 Å². The van der Waals surface area contributed by atoms with E-state index in [1.54, 1.807) is 0 Å². The summed E-state index contributed by atoms with van der Waals surface area (Å²) >= 11 is 0. The van der Waals surface area contributed by atoms with Gasteiger partial charge in [-0.15, -0.1) is 0 Å². The molecule has 2 N–H and O–H groups in total. The number of nitrogens with zero attached hydrogens (tertiary/aromatic N) is 2. The highest BCUT2D eigenvalue weighted by atomic mass is 14.9. The summed E-state index contributed by atoms with van der Waals surface area (Å²) in [5.74, 6) is 0.590. The zero-order valence-electron chi connectivity index (χ0n) is 10.7. The maximum absolute atomic E-state index is 8.63. The van der Waals surface area contributed by atoms with Crippen LogP contribution in [0.25, 0.3) is 0 Å². The van der Waals surface area contributed by atoms with Crippen molar-refractivity contribution in [2.24, 2.45) is 0 Å². The molecule has 96 valence electrons. The molecule has 1 aromatic rings. The number of piperidine rings is 1. The topological polar surface area (TPSA) is 71.6 Å². The second-order valence-electron chi connectivity index (χ2n) is 4.59. The highest BCUT2D eigenvalue weighted by Gasteiger charge is 2.14. The zero-order chi connectivity index (χ0) is 13.5. The first kappa shape index (κ1) is 13.1. The van der Waals surface area contributed by atoms with Crippen molar-refractivity contribution < 1.29 is 0 Å². The molecule has 1 unspecified atom stereocenters. The molecule has 0 aliphatic carbocycles. The van der Waals surface area contributed by atoms with E-state index in [-0.39, 0.29) is 5.57 Å². The van der Waals surface area contributed by atoms with Crippen molar-refractivity contribution in [2.45, 2.75) is 18.8 Å². The molecule has 1 aliphatic heterocycles. The smallest absolute Gasteiger partial charge is 0.145 e.